The van der Waals surface area contributed by atoms with Gasteiger partial charge in [-0.1, -0.05) is 28.8 Å². The molecule has 1 aliphatic carbocycles. The molecule has 1 aromatic carbocycles. The lowest BCUT2D eigenvalue weighted by Crippen LogP contribution is -2.26. The first-order valence-corrected chi connectivity index (χ1v) is 9.11. The molecule has 1 aromatic rings. The number of rotatable bonds is 5. The number of carbonyl (C=O) groups is 1. The molecule has 1 aliphatic rings. The Kier molecular flexibility index (Phi) is 4.71. The van der Waals surface area contributed by atoms with Gasteiger partial charge < -0.3 is 5.32 Å². The lowest BCUT2D eigenvalue weighted by atomic mass is 10.2. The minimum Gasteiger partial charge on any atom is -0.352 e. The molecule has 2 rings (SSSR count). The van der Waals surface area contributed by atoms with Gasteiger partial charge in [-0.2, -0.15) is 0 Å². The first kappa shape index (κ1) is 15.7. The van der Waals surface area contributed by atoms with Crippen LogP contribution in [0.1, 0.15) is 29.6 Å². The maximum Gasteiger partial charge on any atom is 0.264 e. The van der Waals surface area contributed by atoms with E-state index in [1.54, 1.807) is 0 Å². The standard InChI is InChI=1S/C12H12BrClFNO3S/c13-8-5-9(11(15)10(6-8)20(14,18)19)12(17)16-4-3-7-1-2-7/h5-7H,1-4H2,(H,16,17). The van der Waals surface area contributed by atoms with Gasteiger partial charge in [0.15, 0.2) is 5.82 Å². The van der Waals surface area contributed by atoms with Crippen molar-refractivity contribution < 1.29 is 17.6 Å². The maximum absolute atomic E-state index is 14.1. The molecular formula is C12H12BrClFNO3S. The Bertz CT molecular complexity index is 646. The number of nitrogens with one attached hydrogen (secondary N) is 1. The molecule has 8 heteroatoms. The fraction of sp³-hybridized carbons (Fsp3) is 0.417. The molecule has 1 fully saturated rings. The number of hydrogen-bond acceptors (Lipinski definition) is 3. The Balaban J connectivity index is 2.21. The Hall–Kier alpha value is -0.660. The summed E-state index contributed by atoms with van der Waals surface area (Å²) in [6.07, 6.45) is 3.17. The van der Waals surface area contributed by atoms with Gasteiger partial charge in [-0.25, -0.2) is 12.8 Å². The molecule has 20 heavy (non-hydrogen) atoms. The molecule has 110 valence electrons. The summed E-state index contributed by atoms with van der Waals surface area (Å²) < 4.78 is 36.9. The molecule has 0 spiro atoms. The maximum atomic E-state index is 14.1. The monoisotopic (exact) mass is 383 g/mol. The summed E-state index contributed by atoms with van der Waals surface area (Å²) in [5, 5.41) is 2.58. The van der Waals surface area contributed by atoms with E-state index >= 15 is 0 Å². The Morgan fingerprint density at radius 3 is 2.65 bits per heavy atom. The van der Waals surface area contributed by atoms with Gasteiger partial charge in [0.2, 0.25) is 0 Å². The van der Waals surface area contributed by atoms with Crippen LogP contribution in [0.2, 0.25) is 0 Å². The van der Waals surface area contributed by atoms with Gasteiger partial charge in [0.05, 0.1) is 5.56 Å². The predicted octanol–water partition coefficient (Wildman–Crippen LogP) is 3.05. The molecule has 1 saturated carbocycles. The van der Waals surface area contributed by atoms with Crippen molar-refractivity contribution in [2.45, 2.75) is 24.2 Å². The van der Waals surface area contributed by atoms with E-state index in [-0.39, 0.29) is 10.0 Å². The molecule has 0 aliphatic heterocycles. The van der Waals surface area contributed by atoms with Crippen LogP contribution in [0, 0.1) is 11.7 Å². The van der Waals surface area contributed by atoms with E-state index in [1.165, 1.54) is 6.07 Å². The van der Waals surface area contributed by atoms with Crippen LogP contribution in [0.4, 0.5) is 4.39 Å². The zero-order valence-corrected chi connectivity index (χ0v) is 13.5. The highest BCUT2D eigenvalue weighted by Crippen LogP contribution is 2.31. The molecule has 0 unspecified atom stereocenters. The van der Waals surface area contributed by atoms with Crippen molar-refractivity contribution in [2.24, 2.45) is 5.92 Å². The van der Waals surface area contributed by atoms with Gasteiger partial charge in [0.1, 0.15) is 4.90 Å². The van der Waals surface area contributed by atoms with Gasteiger partial charge in [0, 0.05) is 21.7 Å². The van der Waals surface area contributed by atoms with Crippen molar-refractivity contribution in [1.29, 1.82) is 0 Å². The zero-order valence-electron chi connectivity index (χ0n) is 10.3. The summed E-state index contributed by atoms with van der Waals surface area (Å²) in [6.45, 7) is 0.443. The number of amides is 1. The van der Waals surface area contributed by atoms with Crippen molar-refractivity contribution in [2.75, 3.05) is 6.54 Å². The first-order valence-electron chi connectivity index (χ1n) is 6.01. The fourth-order valence-electron chi connectivity index (χ4n) is 1.80. The van der Waals surface area contributed by atoms with Crippen molar-refractivity contribution in [3.05, 3.63) is 28.0 Å². The van der Waals surface area contributed by atoms with E-state index in [1.807, 2.05) is 0 Å². The Morgan fingerprint density at radius 1 is 1.45 bits per heavy atom. The van der Waals surface area contributed by atoms with Crippen molar-refractivity contribution in [3.8, 4) is 0 Å². The van der Waals surface area contributed by atoms with Crippen LogP contribution in [0.3, 0.4) is 0 Å². The highest BCUT2D eigenvalue weighted by Gasteiger charge is 2.24. The second kappa shape index (κ2) is 5.99. The molecule has 0 saturated heterocycles. The van der Waals surface area contributed by atoms with Crippen LogP contribution < -0.4 is 5.32 Å². The summed E-state index contributed by atoms with van der Waals surface area (Å²) in [5.74, 6) is -1.14. The molecule has 4 nitrogen and oxygen atoms in total. The molecular weight excluding hydrogens is 373 g/mol. The summed E-state index contributed by atoms with van der Waals surface area (Å²) in [6, 6.07) is 2.26. The predicted molar refractivity (Wildman–Crippen MR) is 76.8 cm³/mol. The second-order valence-corrected chi connectivity index (χ2v) is 8.14. The van der Waals surface area contributed by atoms with Crippen molar-refractivity contribution in [3.63, 3.8) is 0 Å². The van der Waals surface area contributed by atoms with Gasteiger partial charge in [-0.15, -0.1) is 0 Å². The SMILES string of the molecule is O=C(NCCC1CC1)c1cc(Br)cc(S(=O)(=O)Cl)c1F. The third-order valence-electron chi connectivity index (χ3n) is 3.05. The lowest BCUT2D eigenvalue weighted by Gasteiger charge is -2.08. The average molecular weight is 385 g/mol. The minimum absolute atomic E-state index is 0.269. The number of halogens is 3. The lowest BCUT2D eigenvalue weighted by molar-refractivity contribution is 0.0948. The normalized spacial score (nSPS) is 15.2. The van der Waals surface area contributed by atoms with Crippen molar-refractivity contribution >= 4 is 41.6 Å². The van der Waals surface area contributed by atoms with Crippen LogP contribution in [0.15, 0.2) is 21.5 Å². The highest BCUT2D eigenvalue weighted by atomic mass is 79.9. The largest absolute Gasteiger partial charge is 0.352 e. The zero-order chi connectivity index (χ0) is 14.9. The third-order valence-corrected chi connectivity index (χ3v) is 4.83. The van der Waals surface area contributed by atoms with Gasteiger partial charge in [-0.05, 0) is 24.5 Å². The molecule has 1 N–H and O–H groups in total. The van der Waals surface area contributed by atoms with Crippen LogP contribution >= 0.6 is 26.6 Å². The summed E-state index contributed by atoms with van der Waals surface area (Å²) >= 11 is 3.04. The van der Waals surface area contributed by atoms with Gasteiger partial charge in [0.25, 0.3) is 15.0 Å². The first-order chi connectivity index (χ1) is 9.29. The van der Waals surface area contributed by atoms with E-state index in [2.05, 4.69) is 21.2 Å². The quantitative estimate of drug-likeness (QED) is 0.794. The van der Waals surface area contributed by atoms with Crippen LogP contribution in [0.5, 0.6) is 0 Å². The van der Waals surface area contributed by atoms with E-state index < -0.39 is 25.7 Å². The molecule has 0 atom stereocenters. The smallest absolute Gasteiger partial charge is 0.264 e. The minimum atomic E-state index is -4.25. The third kappa shape index (κ3) is 3.93. The number of carbonyl (C=O) groups excluding carboxylic acids is 1. The Morgan fingerprint density at radius 2 is 2.10 bits per heavy atom. The van der Waals surface area contributed by atoms with Gasteiger partial charge >= 0.3 is 0 Å². The summed E-state index contributed by atoms with van der Waals surface area (Å²) in [4.78, 5) is 11.2. The molecule has 0 bridgehead atoms. The molecule has 0 radical (unpaired) electrons. The van der Waals surface area contributed by atoms with E-state index in [0.717, 1.165) is 25.3 Å². The summed E-state index contributed by atoms with van der Waals surface area (Å²) in [5.41, 5.74) is -0.339. The second-order valence-electron chi connectivity index (χ2n) is 4.69. The van der Waals surface area contributed by atoms with Crippen LogP contribution in [0.25, 0.3) is 0 Å². The molecule has 1 amide bonds. The number of hydrogen-bond donors (Lipinski definition) is 1. The molecule has 0 aromatic heterocycles. The van der Waals surface area contributed by atoms with Crippen molar-refractivity contribution in [1.82, 2.24) is 5.32 Å². The number of benzene rings is 1. The Labute approximate surface area is 129 Å². The molecule has 0 heterocycles. The van der Waals surface area contributed by atoms with Crippen LogP contribution in [-0.4, -0.2) is 20.9 Å². The summed E-state index contributed by atoms with van der Waals surface area (Å²) in [7, 11) is 0.898. The van der Waals surface area contributed by atoms with E-state index in [4.69, 9.17) is 10.7 Å². The average Bonchev–Trinajstić information content (AvgIpc) is 3.14. The van der Waals surface area contributed by atoms with E-state index in [9.17, 15) is 17.6 Å². The van der Waals surface area contributed by atoms with Crippen LogP contribution in [-0.2, 0) is 9.05 Å². The van der Waals surface area contributed by atoms with E-state index in [0.29, 0.717) is 12.5 Å². The fourth-order valence-corrected chi connectivity index (χ4v) is 3.34. The topological polar surface area (TPSA) is 63.2 Å². The highest BCUT2D eigenvalue weighted by molar-refractivity contribution is 9.10. The van der Waals surface area contributed by atoms with Gasteiger partial charge in [-0.3, -0.25) is 4.79 Å².